The van der Waals surface area contributed by atoms with Crippen molar-refractivity contribution in [3.63, 3.8) is 0 Å². The first-order chi connectivity index (χ1) is 10.2. The Labute approximate surface area is 138 Å². The van der Waals surface area contributed by atoms with Crippen molar-refractivity contribution in [2.75, 3.05) is 0 Å². The molecule has 1 heteroatoms. The number of aliphatic hydroxyl groups excluding tert-OH is 1. The topological polar surface area (TPSA) is 20.2 Å². The van der Waals surface area contributed by atoms with E-state index in [1.165, 1.54) is 36.0 Å². The summed E-state index contributed by atoms with van der Waals surface area (Å²) in [5, 5.41) is 10.2. The second kappa shape index (κ2) is 7.64. The highest BCUT2D eigenvalue weighted by Crippen LogP contribution is 2.36. The largest absolute Gasteiger partial charge is 0.393 e. The highest BCUT2D eigenvalue weighted by Gasteiger charge is 2.27. The van der Waals surface area contributed by atoms with E-state index in [-0.39, 0.29) is 11.5 Å². The van der Waals surface area contributed by atoms with Crippen LogP contribution in [0.4, 0.5) is 0 Å². The summed E-state index contributed by atoms with van der Waals surface area (Å²) < 4.78 is 0. The third-order valence-corrected chi connectivity index (χ3v) is 5.67. The number of aliphatic hydroxyl groups is 1. The Morgan fingerprint density at radius 3 is 1.95 bits per heavy atom. The fourth-order valence-electron chi connectivity index (χ4n) is 3.39. The molecule has 1 N–H and O–H groups in total. The summed E-state index contributed by atoms with van der Waals surface area (Å²) in [6.07, 6.45) is 5.14. The molecule has 0 saturated carbocycles. The molecular weight excluding hydrogens is 268 g/mol. The maximum absolute atomic E-state index is 10.2. The van der Waals surface area contributed by atoms with E-state index >= 15 is 0 Å². The van der Waals surface area contributed by atoms with E-state index < -0.39 is 0 Å². The van der Waals surface area contributed by atoms with Gasteiger partial charge in [0, 0.05) is 0 Å². The van der Waals surface area contributed by atoms with Gasteiger partial charge in [-0.2, -0.15) is 0 Å². The third-order valence-electron chi connectivity index (χ3n) is 5.67. The summed E-state index contributed by atoms with van der Waals surface area (Å²) in [6, 6.07) is 6.99. The van der Waals surface area contributed by atoms with Gasteiger partial charge in [-0.3, -0.25) is 0 Å². The van der Waals surface area contributed by atoms with Crippen molar-refractivity contribution in [1.29, 1.82) is 0 Å². The standard InChI is InChI=1S/C21H36O/c1-8-21(9-2,10-3)18-13-11-17(16(4)15-18)12-14-19(22)20(5,6)7/h11,13,15,19,22H,8-10,12,14H2,1-7H3. The van der Waals surface area contributed by atoms with Crippen LogP contribution in [0.1, 0.15) is 83.9 Å². The minimum atomic E-state index is -0.243. The first kappa shape index (κ1) is 19.2. The van der Waals surface area contributed by atoms with Crippen molar-refractivity contribution in [3.05, 3.63) is 34.9 Å². The van der Waals surface area contributed by atoms with Gasteiger partial charge < -0.3 is 5.11 Å². The molecule has 0 aliphatic heterocycles. The van der Waals surface area contributed by atoms with E-state index in [2.05, 4.69) is 66.7 Å². The fourth-order valence-corrected chi connectivity index (χ4v) is 3.39. The maximum Gasteiger partial charge on any atom is 0.0591 e. The zero-order valence-corrected chi connectivity index (χ0v) is 15.8. The first-order valence-electron chi connectivity index (χ1n) is 8.98. The second-order valence-electron chi connectivity index (χ2n) is 7.90. The Morgan fingerprint density at radius 2 is 1.55 bits per heavy atom. The van der Waals surface area contributed by atoms with Crippen LogP contribution < -0.4 is 0 Å². The number of hydrogen-bond donors (Lipinski definition) is 1. The van der Waals surface area contributed by atoms with E-state index in [1.807, 2.05) is 0 Å². The van der Waals surface area contributed by atoms with Gasteiger partial charge in [-0.1, -0.05) is 59.7 Å². The molecule has 0 aromatic heterocycles. The van der Waals surface area contributed by atoms with Crippen molar-refractivity contribution in [3.8, 4) is 0 Å². The molecule has 0 bridgehead atoms. The Hall–Kier alpha value is -0.820. The molecule has 1 atom stereocenters. The Bertz CT molecular complexity index is 455. The van der Waals surface area contributed by atoms with Crippen LogP contribution in [0.25, 0.3) is 0 Å². The van der Waals surface area contributed by atoms with Crippen LogP contribution in [0.15, 0.2) is 18.2 Å². The van der Waals surface area contributed by atoms with E-state index in [9.17, 15) is 5.11 Å². The minimum absolute atomic E-state index is 0.0321. The number of hydrogen-bond acceptors (Lipinski definition) is 1. The normalized spacial score (nSPS) is 14.2. The predicted molar refractivity (Wildman–Crippen MR) is 97.5 cm³/mol. The smallest absolute Gasteiger partial charge is 0.0591 e. The van der Waals surface area contributed by atoms with Crippen LogP contribution >= 0.6 is 0 Å². The zero-order chi connectivity index (χ0) is 17.0. The predicted octanol–water partition coefficient (Wildman–Crippen LogP) is 5.80. The lowest BCUT2D eigenvalue weighted by atomic mass is 9.73. The van der Waals surface area contributed by atoms with Gasteiger partial charge in [0.15, 0.2) is 0 Å². The lowest BCUT2D eigenvalue weighted by Crippen LogP contribution is -2.26. The highest BCUT2D eigenvalue weighted by atomic mass is 16.3. The Morgan fingerprint density at radius 1 is 1.00 bits per heavy atom. The van der Waals surface area contributed by atoms with E-state index in [4.69, 9.17) is 0 Å². The van der Waals surface area contributed by atoms with Crippen LogP contribution in [0.5, 0.6) is 0 Å². The molecule has 0 aliphatic carbocycles. The quantitative estimate of drug-likeness (QED) is 0.674. The highest BCUT2D eigenvalue weighted by molar-refractivity contribution is 5.35. The van der Waals surface area contributed by atoms with Crippen LogP contribution in [-0.2, 0) is 11.8 Å². The van der Waals surface area contributed by atoms with E-state index in [1.54, 1.807) is 0 Å². The minimum Gasteiger partial charge on any atom is -0.393 e. The molecule has 0 fully saturated rings. The summed E-state index contributed by atoms with van der Waals surface area (Å²) >= 11 is 0. The molecule has 1 unspecified atom stereocenters. The molecule has 0 spiro atoms. The summed E-state index contributed by atoms with van der Waals surface area (Å²) in [7, 11) is 0. The van der Waals surface area contributed by atoms with E-state index in [0.717, 1.165) is 12.8 Å². The molecule has 22 heavy (non-hydrogen) atoms. The van der Waals surface area contributed by atoms with Crippen molar-refractivity contribution in [2.24, 2.45) is 5.41 Å². The monoisotopic (exact) mass is 304 g/mol. The van der Waals surface area contributed by atoms with Crippen molar-refractivity contribution in [2.45, 2.75) is 92.1 Å². The molecule has 0 radical (unpaired) electrons. The average molecular weight is 305 g/mol. The van der Waals surface area contributed by atoms with Gasteiger partial charge in [0.25, 0.3) is 0 Å². The first-order valence-corrected chi connectivity index (χ1v) is 8.98. The molecular formula is C21H36O. The Balaban J connectivity index is 2.91. The number of benzene rings is 1. The second-order valence-corrected chi connectivity index (χ2v) is 7.90. The maximum atomic E-state index is 10.2. The summed E-state index contributed by atoms with van der Waals surface area (Å²) in [5.74, 6) is 0. The zero-order valence-electron chi connectivity index (χ0n) is 15.8. The van der Waals surface area contributed by atoms with Gasteiger partial charge in [-0.05, 0) is 66.5 Å². The molecule has 1 aromatic rings. The van der Waals surface area contributed by atoms with Crippen molar-refractivity contribution in [1.82, 2.24) is 0 Å². The van der Waals surface area contributed by atoms with Gasteiger partial charge in [0.2, 0.25) is 0 Å². The molecule has 0 aliphatic rings. The fraction of sp³-hybridized carbons (Fsp3) is 0.714. The summed E-state index contributed by atoms with van der Waals surface area (Å²) in [5.41, 5.74) is 4.53. The summed E-state index contributed by atoms with van der Waals surface area (Å²) in [4.78, 5) is 0. The van der Waals surface area contributed by atoms with Gasteiger partial charge in [-0.15, -0.1) is 0 Å². The molecule has 126 valence electrons. The van der Waals surface area contributed by atoms with Crippen molar-refractivity contribution >= 4 is 0 Å². The molecule has 0 heterocycles. The van der Waals surface area contributed by atoms with Gasteiger partial charge in [0.1, 0.15) is 0 Å². The summed E-state index contributed by atoms with van der Waals surface area (Å²) in [6.45, 7) is 15.4. The van der Waals surface area contributed by atoms with Crippen LogP contribution in [0.3, 0.4) is 0 Å². The number of aryl methyl sites for hydroxylation is 2. The molecule has 1 rings (SSSR count). The van der Waals surface area contributed by atoms with Crippen LogP contribution in [0, 0.1) is 12.3 Å². The van der Waals surface area contributed by atoms with E-state index in [0.29, 0.717) is 5.41 Å². The van der Waals surface area contributed by atoms with Crippen LogP contribution in [-0.4, -0.2) is 11.2 Å². The Kier molecular flexibility index (Phi) is 6.67. The third kappa shape index (κ3) is 4.35. The molecule has 0 amide bonds. The average Bonchev–Trinajstić information content (AvgIpc) is 2.47. The van der Waals surface area contributed by atoms with Gasteiger partial charge in [0.05, 0.1) is 6.10 Å². The van der Waals surface area contributed by atoms with Gasteiger partial charge >= 0.3 is 0 Å². The SMILES string of the molecule is CCC(CC)(CC)c1ccc(CCC(O)C(C)(C)C)c(C)c1. The van der Waals surface area contributed by atoms with Crippen LogP contribution in [0.2, 0.25) is 0 Å². The van der Waals surface area contributed by atoms with Gasteiger partial charge in [-0.25, -0.2) is 0 Å². The lowest BCUT2D eigenvalue weighted by molar-refractivity contribution is 0.0559. The molecule has 1 nitrogen and oxygen atoms in total. The number of rotatable bonds is 7. The lowest BCUT2D eigenvalue weighted by Gasteiger charge is -2.32. The molecule has 1 aromatic carbocycles. The van der Waals surface area contributed by atoms with Crippen molar-refractivity contribution < 1.29 is 5.11 Å². The molecule has 0 saturated heterocycles.